The largest absolute Gasteiger partial charge is 0.472 e. The molecule has 3 N–H and O–H groups in total. The Morgan fingerprint density at radius 2 is 1.00 bits per heavy atom. The van der Waals surface area contributed by atoms with Gasteiger partial charge in [0.1, 0.15) is 13.2 Å². The molecule has 0 saturated heterocycles. The molecule has 0 heterocycles. The van der Waals surface area contributed by atoms with Crippen molar-refractivity contribution >= 4 is 13.7 Å². The smallest absolute Gasteiger partial charge is 0.391 e. The van der Waals surface area contributed by atoms with Gasteiger partial charge in [-0.15, -0.1) is 0 Å². The van der Waals surface area contributed by atoms with Crippen molar-refractivity contribution in [2.75, 3.05) is 40.9 Å². The highest BCUT2D eigenvalue weighted by atomic mass is 31.2. The van der Waals surface area contributed by atoms with Crippen LogP contribution in [0.3, 0.4) is 0 Å². The van der Waals surface area contributed by atoms with Gasteiger partial charge in [0.25, 0.3) is 0 Å². The minimum absolute atomic E-state index is 0.0716. The van der Waals surface area contributed by atoms with E-state index in [1.54, 1.807) is 0 Å². The number of aliphatic hydroxyl groups is 1. The topological polar surface area (TPSA) is 105 Å². The van der Waals surface area contributed by atoms with Crippen LogP contribution in [0, 0.1) is 0 Å². The molecule has 9 heteroatoms. The Labute approximate surface area is 371 Å². The number of rotatable bonds is 45. The van der Waals surface area contributed by atoms with Gasteiger partial charge < -0.3 is 19.8 Å². The number of amides is 1. The van der Waals surface area contributed by atoms with E-state index in [0.717, 1.165) is 70.6 Å². The second-order valence-corrected chi connectivity index (χ2v) is 19.6. The van der Waals surface area contributed by atoms with E-state index in [9.17, 15) is 19.4 Å². The lowest BCUT2D eigenvalue weighted by Gasteiger charge is -2.26. The fraction of sp³-hybridized carbons (Fsp3) is 0.824. The van der Waals surface area contributed by atoms with Crippen LogP contribution in [-0.4, -0.2) is 73.4 Å². The lowest BCUT2D eigenvalue weighted by atomic mass is 10.0. The summed E-state index contributed by atoms with van der Waals surface area (Å²) in [7, 11) is 1.61. The fourth-order valence-electron chi connectivity index (χ4n) is 7.16. The Kier molecular flexibility index (Phi) is 41.6. The average molecular weight is 866 g/mol. The Morgan fingerprint density at radius 1 is 0.583 bits per heavy atom. The first-order valence-corrected chi connectivity index (χ1v) is 26.5. The maximum atomic E-state index is 12.9. The molecule has 0 fully saturated rings. The maximum absolute atomic E-state index is 12.9. The van der Waals surface area contributed by atoms with Crippen LogP contribution in [0.25, 0.3) is 0 Å². The van der Waals surface area contributed by atoms with E-state index < -0.39 is 20.0 Å². The number of nitrogens with one attached hydrogen (secondary N) is 1. The highest BCUT2D eigenvalue weighted by Crippen LogP contribution is 2.43. The summed E-state index contributed by atoms with van der Waals surface area (Å²) in [6.45, 7) is 4.78. The fourth-order valence-corrected chi connectivity index (χ4v) is 7.89. The van der Waals surface area contributed by atoms with E-state index in [1.165, 1.54) is 122 Å². The second kappa shape index (κ2) is 42.7. The standard InChI is InChI=1S/C51H97N2O6P/c1-6-8-10-12-14-16-18-20-22-24-25-26-27-29-31-33-35-37-39-41-43-45-51(55)52-49(48-59-60(56,57)58-47-46-53(3,4)5)50(54)44-42-40-38-36-34-32-30-28-23-21-19-17-15-13-11-9-7-2/h8,10,14,16,20,22,25-26,49-50,54H,6-7,9,11-13,15,17-19,21,23-24,27-48H2,1-5H3,(H-,52,55,56,57)/p+1/b10-8-,16-14-,22-20-,26-25-. The molecule has 0 aromatic heterocycles. The van der Waals surface area contributed by atoms with Gasteiger partial charge in [-0.1, -0.05) is 210 Å². The maximum Gasteiger partial charge on any atom is 0.472 e. The third kappa shape index (κ3) is 44.5. The van der Waals surface area contributed by atoms with Crippen molar-refractivity contribution in [1.82, 2.24) is 5.32 Å². The number of carbonyl (C=O) groups excluding carboxylic acids is 1. The van der Waals surface area contributed by atoms with E-state index in [1.807, 2.05) is 21.1 Å². The first-order chi connectivity index (χ1) is 29.0. The number of likely N-dealkylation sites (N-methyl/N-ethyl adjacent to an activating group) is 1. The van der Waals surface area contributed by atoms with Gasteiger partial charge in [-0.05, 0) is 51.4 Å². The summed E-state index contributed by atoms with van der Waals surface area (Å²) >= 11 is 0. The summed E-state index contributed by atoms with van der Waals surface area (Å²) in [6, 6.07) is -0.766. The minimum Gasteiger partial charge on any atom is -0.391 e. The molecule has 0 rings (SSSR count). The normalized spacial score (nSPS) is 14.6. The number of phosphoric ester groups is 1. The number of aliphatic hydroxyl groups excluding tert-OH is 1. The molecule has 3 atom stereocenters. The van der Waals surface area contributed by atoms with Gasteiger partial charge in [-0.25, -0.2) is 4.57 Å². The molecule has 3 unspecified atom stereocenters. The molecular formula is C51H98N2O6P+. The van der Waals surface area contributed by atoms with Crippen LogP contribution in [0.15, 0.2) is 48.6 Å². The molecule has 0 spiro atoms. The molecule has 352 valence electrons. The molecule has 0 bridgehead atoms. The summed E-state index contributed by atoms with van der Waals surface area (Å²) in [6.07, 6.45) is 54.2. The number of phosphoric acid groups is 1. The number of unbranched alkanes of at least 4 members (excludes halogenated alkanes) is 24. The lowest BCUT2D eigenvalue weighted by Crippen LogP contribution is -2.46. The van der Waals surface area contributed by atoms with E-state index >= 15 is 0 Å². The third-order valence-corrected chi connectivity index (χ3v) is 12.1. The number of carbonyl (C=O) groups is 1. The van der Waals surface area contributed by atoms with Gasteiger partial charge in [0.15, 0.2) is 0 Å². The first kappa shape index (κ1) is 58.5. The van der Waals surface area contributed by atoms with Crippen LogP contribution in [0.5, 0.6) is 0 Å². The van der Waals surface area contributed by atoms with Crippen molar-refractivity contribution in [2.45, 2.75) is 231 Å². The average Bonchev–Trinajstić information content (AvgIpc) is 3.20. The summed E-state index contributed by atoms with van der Waals surface area (Å²) in [4.78, 5) is 23.2. The quantitative estimate of drug-likeness (QED) is 0.0244. The molecule has 8 nitrogen and oxygen atoms in total. The molecule has 0 saturated carbocycles. The highest BCUT2D eigenvalue weighted by Gasteiger charge is 2.28. The van der Waals surface area contributed by atoms with E-state index in [4.69, 9.17) is 9.05 Å². The van der Waals surface area contributed by atoms with E-state index in [2.05, 4.69) is 67.8 Å². The van der Waals surface area contributed by atoms with Gasteiger partial charge >= 0.3 is 7.82 Å². The van der Waals surface area contributed by atoms with Crippen LogP contribution < -0.4 is 5.32 Å². The Bertz CT molecular complexity index is 1120. The molecule has 0 aliphatic rings. The van der Waals surface area contributed by atoms with Crippen molar-refractivity contribution in [3.8, 4) is 0 Å². The van der Waals surface area contributed by atoms with Crippen LogP contribution in [-0.2, 0) is 18.4 Å². The molecule has 0 aliphatic carbocycles. The second-order valence-electron chi connectivity index (χ2n) is 18.2. The Balaban J connectivity index is 4.30. The monoisotopic (exact) mass is 866 g/mol. The number of hydrogen-bond donors (Lipinski definition) is 3. The van der Waals surface area contributed by atoms with Gasteiger partial charge in [-0.2, -0.15) is 0 Å². The summed E-state index contributed by atoms with van der Waals surface area (Å²) < 4.78 is 23.7. The predicted molar refractivity (Wildman–Crippen MR) is 258 cm³/mol. The third-order valence-electron chi connectivity index (χ3n) is 11.1. The zero-order valence-electron chi connectivity index (χ0n) is 39.9. The van der Waals surface area contributed by atoms with Gasteiger partial charge in [0.05, 0.1) is 39.9 Å². The van der Waals surface area contributed by atoms with Crippen molar-refractivity contribution in [3.05, 3.63) is 48.6 Å². The SMILES string of the molecule is CC/C=C\C/C=C\C/C=C\C/C=C\CCCCCCCCCCC(=O)NC(COP(=O)(O)OCC[N+](C)(C)C)C(O)CCCCCCCCCCCCCCCCCCC. The Morgan fingerprint density at radius 3 is 1.47 bits per heavy atom. The van der Waals surface area contributed by atoms with Crippen molar-refractivity contribution in [2.24, 2.45) is 0 Å². The van der Waals surface area contributed by atoms with Crippen LogP contribution >= 0.6 is 7.82 Å². The van der Waals surface area contributed by atoms with Crippen molar-refractivity contribution in [1.29, 1.82) is 0 Å². The minimum atomic E-state index is -4.32. The number of quaternary nitrogens is 1. The summed E-state index contributed by atoms with van der Waals surface area (Å²) in [5.74, 6) is -0.153. The molecule has 0 aromatic rings. The number of allylic oxidation sites excluding steroid dienone is 8. The number of hydrogen-bond acceptors (Lipinski definition) is 5. The first-order valence-electron chi connectivity index (χ1n) is 25.0. The summed E-state index contributed by atoms with van der Waals surface area (Å²) in [5, 5.41) is 14.0. The number of nitrogens with zero attached hydrogens (tertiary/aromatic N) is 1. The van der Waals surface area contributed by atoms with Crippen LogP contribution in [0.4, 0.5) is 0 Å². The van der Waals surface area contributed by atoms with E-state index in [0.29, 0.717) is 23.9 Å². The Hall–Kier alpha value is -1.54. The molecule has 0 aliphatic heterocycles. The van der Waals surface area contributed by atoms with Gasteiger partial charge in [-0.3, -0.25) is 13.8 Å². The van der Waals surface area contributed by atoms with Gasteiger partial charge in [0, 0.05) is 6.42 Å². The zero-order valence-corrected chi connectivity index (χ0v) is 40.8. The lowest BCUT2D eigenvalue weighted by molar-refractivity contribution is -0.870. The van der Waals surface area contributed by atoms with Crippen molar-refractivity contribution < 1.29 is 32.9 Å². The van der Waals surface area contributed by atoms with E-state index in [-0.39, 0.29) is 19.1 Å². The van der Waals surface area contributed by atoms with Crippen molar-refractivity contribution in [3.63, 3.8) is 0 Å². The highest BCUT2D eigenvalue weighted by molar-refractivity contribution is 7.47. The molecule has 0 radical (unpaired) electrons. The van der Waals surface area contributed by atoms with Crippen LogP contribution in [0.2, 0.25) is 0 Å². The molecule has 0 aromatic carbocycles. The van der Waals surface area contributed by atoms with Gasteiger partial charge in [0.2, 0.25) is 5.91 Å². The predicted octanol–water partition coefficient (Wildman–Crippen LogP) is 14.4. The molecule has 60 heavy (non-hydrogen) atoms. The molecular weight excluding hydrogens is 768 g/mol. The summed E-state index contributed by atoms with van der Waals surface area (Å²) in [5.41, 5.74) is 0. The van der Waals surface area contributed by atoms with Crippen LogP contribution in [0.1, 0.15) is 219 Å². The molecule has 1 amide bonds. The zero-order chi connectivity index (χ0) is 44.3.